The maximum Gasteiger partial charge on any atom is 0.0375 e. The highest BCUT2D eigenvalue weighted by atomic mass is 14.9. The quantitative estimate of drug-likeness (QED) is 0.812. The third-order valence-corrected chi connectivity index (χ3v) is 4.74. The van der Waals surface area contributed by atoms with Crippen LogP contribution in [0.15, 0.2) is 18.2 Å². The van der Waals surface area contributed by atoms with Crippen molar-refractivity contribution in [1.82, 2.24) is 5.32 Å². The lowest BCUT2D eigenvalue weighted by Crippen LogP contribution is -2.24. The Bertz CT molecular complexity index is 435. The molecule has 0 amide bonds. The summed E-state index contributed by atoms with van der Waals surface area (Å²) in [7, 11) is 0. The molecule has 2 aliphatic rings. The summed E-state index contributed by atoms with van der Waals surface area (Å²) in [6, 6.07) is 6.70. The van der Waals surface area contributed by atoms with E-state index in [4.69, 9.17) is 0 Å². The Kier molecular flexibility index (Phi) is 3.79. The third kappa shape index (κ3) is 2.94. The van der Waals surface area contributed by atoms with Gasteiger partial charge in [-0.3, -0.25) is 0 Å². The summed E-state index contributed by atoms with van der Waals surface area (Å²) < 4.78 is 0. The summed E-state index contributed by atoms with van der Waals surface area (Å²) in [5, 5.41) is 7.23. The van der Waals surface area contributed by atoms with E-state index in [0.717, 1.165) is 13.1 Å². The first-order chi connectivity index (χ1) is 9.33. The maximum absolute atomic E-state index is 3.71. The second-order valence-corrected chi connectivity index (χ2v) is 6.33. The number of rotatable bonds is 6. The average molecular weight is 258 g/mol. The van der Waals surface area contributed by atoms with E-state index >= 15 is 0 Å². The molecule has 1 aliphatic carbocycles. The van der Waals surface area contributed by atoms with E-state index < -0.39 is 0 Å². The first-order valence-electron chi connectivity index (χ1n) is 7.88. The van der Waals surface area contributed by atoms with Gasteiger partial charge in [0.1, 0.15) is 0 Å². The molecule has 2 N–H and O–H groups in total. The zero-order chi connectivity index (χ0) is 13.1. The van der Waals surface area contributed by atoms with E-state index in [-0.39, 0.29) is 0 Å². The van der Waals surface area contributed by atoms with E-state index in [9.17, 15) is 0 Å². The highest BCUT2D eigenvalue weighted by Gasteiger charge is 2.40. The van der Waals surface area contributed by atoms with Crippen molar-refractivity contribution in [3.05, 3.63) is 29.3 Å². The monoisotopic (exact) mass is 258 g/mol. The molecular weight excluding hydrogens is 232 g/mol. The van der Waals surface area contributed by atoms with Crippen LogP contribution in [0.4, 0.5) is 5.69 Å². The molecule has 0 spiro atoms. The summed E-state index contributed by atoms with van der Waals surface area (Å²) in [4.78, 5) is 0. The minimum atomic E-state index is 0.655. The molecule has 1 saturated carbocycles. The second kappa shape index (κ2) is 5.54. The topological polar surface area (TPSA) is 24.1 Å². The van der Waals surface area contributed by atoms with E-state index in [1.165, 1.54) is 56.3 Å². The van der Waals surface area contributed by atoms with Gasteiger partial charge in [0.05, 0.1) is 0 Å². The molecule has 1 aliphatic heterocycles. The molecule has 1 heterocycles. The molecule has 19 heavy (non-hydrogen) atoms. The zero-order valence-corrected chi connectivity index (χ0v) is 12.1. The highest BCUT2D eigenvalue weighted by Crippen LogP contribution is 2.48. The molecule has 2 nitrogen and oxygen atoms in total. The average Bonchev–Trinajstić information content (AvgIpc) is 3.19. The van der Waals surface area contributed by atoms with Crippen LogP contribution in [0.2, 0.25) is 0 Å². The van der Waals surface area contributed by atoms with Crippen LogP contribution >= 0.6 is 0 Å². The normalized spacial score (nSPS) is 19.6. The van der Waals surface area contributed by atoms with Crippen LogP contribution in [0, 0.1) is 5.41 Å². The van der Waals surface area contributed by atoms with Gasteiger partial charge in [0.25, 0.3) is 0 Å². The first kappa shape index (κ1) is 13.0. The van der Waals surface area contributed by atoms with Gasteiger partial charge < -0.3 is 10.6 Å². The van der Waals surface area contributed by atoms with Crippen LogP contribution in [-0.4, -0.2) is 13.1 Å². The van der Waals surface area contributed by atoms with Crippen LogP contribution in [0.5, 0.6) is 0 Å². The summed E-state index contributed by atoms with van der Waals surface area (Å²) in [5.74, 6) is 0. The molecule has 104 valence electrons. The van der Waals surface area contributed by atoms with E-state index in [1.807, 2.05) is 0 Å². The summed E-state index contributed by atoms with van der Waals surface area (Å²) in [5.41, 5.74) is 5.06. The minimum Gasteiger partial charge on any atom is -0.385 e. The minimum absolute atomic E-state index is 0.655. The fourth-order valence-electron chi connectivity index (χ4n) is 3.43. The standard InChI is InChI=1S/C17H26N2/c1-2-8-17(9-10-17)13-18-12-14-5-3-7-16-15(14)6-4-11-19-16/h3,5,7,18-19H,2,4,6,8-13H2,1H3. The lowest BCUT2D eigenvalue weighted by molar-refractivity contribution is 0.420. The van der Waals surface area contributed by atoms with Gasteiger partial charge in [0.2, 0.25) is 0 Å². The zero-order valence-electron chi connectivity index (χ0n) is 12.1. The smallest absolute Gasteiger partial charge is 0.0375 e. The van der Waals surface area contributed by atoms with Crippen molar-refractivity contribution in [1.29, 1.82) is 0 Å². The Morgan fingerprint density at radius 3 is 3.00 bits per heavy atom. The van der Waals surface area contributed by atoms with Crippen LogP contribution in [-0.2, 0) is 13.0 Å². The second-order valence-electron chi connectivity index (χ2n) is 6.33. The van der Waals surface area contributed by atoms with Crippen LogP contribution < -0.4 is 10.6 Å². The van der Waals surface area contributed by atoms with Crippen molar-refractivity contribution >= 4 is 5.69 Å². The molecule has 3 rings (SSSR count). The van der Waals surface area contributed by atoms with Crippen molar-refractivity contribution < 1.29 is 0 Å². The molecule has 1 fully saturated rings. The molecule has 1 aromatic rings. The molecule has 0 saturated heterocycles. The Hall–Kier alpha value is -1.02. The van der Waals surface area contributed by atoms with Gasteiger partial charge in [-0.05, 0) is 54.7 Å². The van der Waals surface area contributed by atoms with Crippen molar-refractivity contribution in [2.75, 3.05) is 18.4 Å². The summed E-state index contributed by atoms with van der Waals surface area (Å²) >= 11 is 0. The fourth-order valence-corrected chi connectivity index (χ4v) is 3.43. The largest absolute Gasteiger partial charge is 0.385 e. The van der Waals surface area contributed by atoms with Gasteiger partial charge in [0, 0.05) is 25.3 Å². The van der Waals surface area contributed by atoms with E-state index in [0.29, 0.717) is 5.41 Å². The molecule has 0 aromatic heterocycles. The fraction of sp³-hybridized carbons (Fsp3) is 0.647. The SMILES string of the molecule is CCCC1(CNCc2cccc3c2CCCN3)CC1. The van der Waals surface area contributed by atoms with Crippen molar-refractivity contribution in [2.45, 2.75) is 52.0 Å². The third-order valence-electron chi connectivity index (χ3n) is 4.74. The highest BCUT2D eigenvalue weighted by molar-refractivity contribution is 5.56. The Morgan fingerprint density at radius 1 is 1.32 bits per heavy atom. The Balaban J connectivity index is 1.58. The lowest BCUT2D eigenvalue weighted by Gasteiger charge is -2.22. The summed E-state index contributed by atoms with van der Waals surface area (Å²) in [6.07, 6.45) is 8.09. The molecule has 2 heteroatoms. The Labute approximate surface area is 117 Å². The van der Waals surface area contributed by atoms with Crippen molar-refractivity contribution in [3.8, 4) is 0 Å². The molecular formula is C17H26N2. The molecule has 1 aromatic carbocycles. The van der Waals surface area contributed by atoms with Gasteiger partial charge in [-0.25, -0.2) is 0 Å². The predicted molar refractivity (Wildman–Crippen MR) is 81.5 cm³/mol. The van der Waals surface area contributed by atoms with Gasteiger partial charge in [-0.2, -0.15) is 0 Å². The lowest BCUT2D eigenvalue weighted by atomic mass is 9.97. The van der Waals surface area contributed by atoms with Crippen molar-refractivity contribution in [2.24, 2.45) is 5.41 Å². The van der Waals surface area contributed by atoms with E-state index in [2.05, 4.69) is 35.8 Å². The number of anilines is 1. The number of hydrogen-bond donors (Lipinski definition) is 2. The van der Waals surface area contributed by atoms with Crippen LogP contribution in [0.25, 0.3) is 0 Å². The number of fused-ring (bicyclic) bond motifs is 1. The molecule has 0 bridgehead atoms. The van der Waals surface area contributed by atoms with Gasteiger partial charge in [-0.15, -0.1) is 0 Å². The molecule has 0 atom stereocenters. The first-order valence-corrected chi connectivity index (χ1v) is 7.88. The Morgan fingerprint density at radius 2 is 2.21 bits per heavy atom. The predicted octanol–water partition coefficient (Wildman–Crippen LogP) is 3.71. The van der Waals surface area contributed by atoms with Gasteiger partial charge >= 0.3 is 0 Å². The van der Waals surface area contributed by atoms with Crippen molar-refractivity contribution in [3.63, 3.8) is 0 Å². The number of hydrogen-bond acceptors (Lipinski definition) is 2. The molecule has 0 radical (unpaired) electrons. The van der Waals surface area contributed by atoms with Crippen LogP contribution in [0.1, 0.15) is 50.2 Å². The summed E-state index contributed by atoms with van der Waals surface area (Å²) in [6.45, 7) is 5.68. The number of nitrogens with one attached hydrogen (secondary N) is 2. The van der Waals surface area contributed by atoms with E-state index in [1.54, 1.807) is 5.56 Å². The van der Waals surface area contributed by atoms with Gasteiger partial charge in [0.15, 0.2) is 0 Å². The molecule has 0 unspecified atom stereocenters. The van der Waals surface area contributed by atoms with Crippen LogP contribution in [0.3, 0.4) is 0 Å². The maximum atomic E-state index is 3.71. The van der Waals surface area contributed by atoms with Gasteiger partial charge in [-0.1, -0.05) is 25.5 Å². The number of benzene rings is 1.